The number of H-pyrrole nitrogens is 1. The number of likely N-dealkylation sites (tertiary alicyclic amines) is 1. The Bertz CT molecular complexity index is 923. The number of para-hydroxylation sites is 2. The van der Waals surface area contributed by atoms with Gasteiger partial charge in [-0.25, -0.2) is 0 Å². The smallest absolute Gasteiger partial charge is 0.274 e. The molecule has 27 heavy (non-hydrogen) atoms. The van der Waals surface area contributed by atoms with Crippen LogP contribution in [0.3, 0.4) is 0 Å². The first-order chi connectivity index (χ1) is 13.3. The number of methoxy groups -OCH3 is 1. The molecule has 3 aromatic rings. The van der Waals surface area contributed by atoms with Crippen LogP contribution in [0.5, 0.6) is 11.5 Å². The summed E-state index contributed by atoms with van der Waals surface area (Å²) in [6.45, 7) is 1.03. The minimum atomic E-state index is -0.0603. The first-order valence-corrected chi connectivity index (χ1v) is 8.92. The number of aromatic nitrogens is 2. The summed E-state index contributed by atoms with van der Waals surface area (Å²) in [4.78, 5) is 14.6. The number of benzene rings is 2. The van der Waals surface area contributed by atoms with Gasteiger partial charge in [0.25, 0.3) is 5.91 Å². The topological polar surface area (TPSA) is 67.5 Å². The van der Waals surface area contributed by atoms with Crippen LogP contribution in [0.4, 0.5) is 0 Å². The first kappa shape index (κ1) is 17.1. The lowest BCUT2D eigenvalue weighted by Crippen LogP contribution is -2.45. The van der Waals surface area contributed by atoms with Gasteiger partial charge in [-0.15, -0.1) is 0 Å². The van der Waals surface area contributed by atoms with E-state index in [1.54, 1.807) is 13.2 Å². The number of ether oxygens (including phenoxy) is 2. The number of carbonyl (C=O) groups is 1. The predicted octanol–water partition coefficient (Wildman–Crippen LogP) is 3.58. The second-order valence-electron chi connectivity index (χ2n) is 6.43. The molecular formula is C21H21N3O3. The van der Waals surface area contributed by atoms with Crippen LogP contribution in [0.25, 0.3) is 0 Å². The lowest BCUT2D eigenvalue weighted by molar-refractivity contribution is 0.0454. The molecule has 2 aromatic carbocycles. The highest BCUT2D eigenvalue weighted by Gasteiger charge is 2.34. The second-order valence-corrected chi connectivity index (χ2v) is 6.43. The maximum absolute atomic E-state index is 12.8. The minimum absolute atomic E-state index is 0.0603. The molecule has 6 nitrogen and oxygen atoms in total. The molecule has 0 saturated carbocycles. The number of amides is 1. The predicted molar refractivity (Wildman–Crippen MR) is 101 cm³/mol. The van der Waals surface area contributed by atoms with Crippen molar-refractivity contribution in [2.24, 2.45) is 0 Å². The highest BCUT2D eigenvalue weighted by molar-refractivity contribution is 5.93. The Labute approximate surface area is 157 Å². The molecule has 1 aliphatic heterocycles. The lowest BCUT2D eigenvalue weighted by Gasteiger charge is -2.40. The summed E-state index contributed by atoms with van der Waals surface area (Å²) in [7, 11) is 1.60. The summed E-state index contributed by atoms with van der Waals surface area (Å²) in [6, 6.07) is 19.4. The average molecular weight is 363 g/mol. The average Bonchev–Trinajstić information content (AvgIpc) is 3.16. The van der Waals surface area contributed by atoms with Crippen LogP contribution in [-0.4, -0.2) is 34.7 Å². The van der Waals surface area contributed by atoms with E-state index < -0.39 is 0 Å². The molecule has 4 rings (SSSR count). The second kappa shape index (κ2) is 7.53. The molecule has 138 valence electrons. The van der Waals surface area contributed by atoms with Crippen LogP contribution < -0.4 is 9.47 Å². The van der Waals surface area contributed by atoms with Crippen LogP contribution in [0.15, 0.2) is 60.7 Å². The molecule has 0 unspecified atom stereocenters. The van der Waals surface area contributed by atoms with E-state index >= 15 is 0 Å². The Kier molecular flexibility index (Phi) is 4.78. The van der Waals surface area contributed by atoms with Crippen LogP contribution in [0, 0.1) is 0 Å². The van der Waals surface area contributed by atoms with Crippen molar-refractivity contribution >= 4 is 5.91 Å². The molecule has 6 heteroatoms. The fraction of sp³-hybridized carbons (Fsp3) is 0.238. The summed E-state index contributed by atoms with van der Waals surface area (Å²) in [6.07, 6.45) is 0.976. The van der Waals surface area contributed by atoms with Crippen molar-refractivity contribution in [2.45, 2.75) is 19.1 Å². The maximum Gasteiger partial charge on any atom is 0.274 e. The van der Waals surface area contributed by atoms with Crippen LogP contribution in [0.2, 0.25) is 0 Å². The van der Waals surface area contributed by atoms with E-state index in [4.69, 9.17) is 9.47 Å². The summed E-state index contributed by atoms with van der Waals surface area (Å²) in [5, 5.41) is 7.06. The number of nitrogens with zero attached hydrogens (tertiary/aromatic N) is 2. The highest BCUT2D eigenvalue weighted by Crippen LogP contribution is 2.34. The van der Waals surface area contributed by atoms with Crippen molar-refractivity contribution in [3.8, 4) is 11.5 Å². The van der Waals surface area contributed by atoms with Gasteiger partial charge in [0.05, 0.1) is 18.8 Å². The normalized spacial score (nSPS) is 15.9. The molecule has 1 fully saturated rings. The van der Waals surface area contributed by atoms with E-state index in [9.17, 15) is 4.79 Å². The summed E-state index contributed by atoms with van der Waals surface area (Å²) >= 11 is 0. The first-order valence-electron chi connectivity index (χ1n) is 8.92. The van der Waals surface area contributed by atoms with Crippen molar-refractivity contribution in [3.05, 3.63) is 77.6 Å². The zero-order valence-corrected chi connectivity index (χ0v) is 15.1. The monoisotopic (exact) mass is 363 g/mol. The molecule has 1 aliphatic rings. The van der Waals surface area contributed by atoms with E-state index in [1.807, 2.05) is 47.4 Å². The largest absolute Gasteiger partial charge is 0.493 e. The van der Waals surface area contributed by atoms with Crippen molar-refractivity contribution in [1.82, 2.24) is 15.1 Å². The van der Waals surface area contributed by atoms with E-state index in [-0.39, 0.29) is 18.6 Å². The fourth-order valence-corrected chi connectivity index (χ4v) is 3.24. The number of hydrogen-bond donors (Lipinski definition) is 1. The van der Waals surface area contributed by atoms with Gasteiger partial charge in [0.1, 0.15) is 6.61 Å². The minimum Gasteiger partial charge on any atom is -0.493 e. The van der Waals surface area contributed by atoms with Crippen LogP contribution >= 0.6 is 0 Å². The van der Waals surface area contributed by atoms with E-state index in [0.29, 0.717) is 17.2 Å². The number of aromatic amines is 1. The summed E-state index contributed by atoms with van der Waals surface area (Å²) < 4.78 is 11.1. The van der Waals surface area contributed by atoms with Gasteiger partial charge < -0.3 is 14.4 Å². The zero-order valence-electron chi connectivity index (χ0n) is 15.1. The molecule has 0 spiro atoms. The molecule has 1 aromatic heterocycles. The zero-order chi connectivity index (χ0) is 18.6. The third kappa shape index (κ3) is 3.51. The number of nitrogens with one attached hydrogen (secondary N) is 1. The summed E-state index contributed by atoms with van der Waals surface area (Å²) in [5.41, 5.74) is 2.31. The highest BCUT2D eigenvalue weighted by atomic mass is 16.5. The Morgan fingerprint density at radius 1 is 1.15 bits per heavy atom. The van der Waals surface area contributed by atoms with Gasteiger partial charge in [0.15, 0.2) is 17.2 Å². The van der Waals surface area contributed by atoms with E-state index in [0.717, 1.165) is 24.2 Å². The van der Waals surface area contributed by atoms with Gasteiger partial charge in [-0.1, -0.05) is 42.5 Å². The molecule has 1 N–H and O–H groups in total. The fourth-order valence-electron chi connectivity index (χ4n) is 3.24. The molecule has 0 radical (unpaired) electrons. The molecule has 1 amide bonds. The van der Waals surface area contributed by atoms with Gasteiger partial charge in [0, 0.05) is 6.54 Å². The molecule has 0 bridgehead atoms. The van der Waals surface area contributed by atoms with Crippen molar-refractivity contribution in [3.63, 3.8) is 0 Å². The van der Waals surface area contributed by atoms with Crippen LogP contribution in [-0.2, 0) is 6.61 Å². The van der Waals surface area contributed by atoms with Gasteiger partial charge in [-0.3, -0.25) is 9.89 Å². The Hall–Kier alpha value is -3.28. The summed E-state index contributed by atoms with van der Waals surface area (Å²) in [5.74, 6) is 1.25. The van der Waals surface area contributed by atoms with Gasteiger partial charge in [-0.05, 0) is 30.2 Å². The number of carbonyl (C=O) groups excluding carboxylic acids is 1. The van der Waals surface area contributed by atoms with Gasteiger partial charge in [0.2, 0.25) is 0 Å². The number of hydrogen-bond acceptors (Lipinski definition) is 4. The third-order valence-corrected chi connectivity index (χ3v) is 4.77. The maximum atomic E-state index is 12.8. The molecule has 0 aliphatic carbocycles. The third-order valence-electron chi connectivity index (χ3n) is 4.77. The van der Waals surface area contributed by atoms with Gasteiger partial charge >= 0.3 is 0 Å². The van der Waals surface area contributed by atoms with Crippen molar-refractivity contribution in [1.29, 1.82) is 0 Å². The SMILES string of the molecule is COc1ccccc1OCc1cc(C(=O)N2CC[C@H]2c2ccccc2)n[nH]1. The number of rotatable bonds is 6. The molecular weight excluding hydrogens is 342 g/mol. The van der Waals surface area contributed by atoms with E-state index in [1.165, 1.54) is 0 Å². The Balaban J connectivity index is 1.41. The van der Waals surface area contributed by atoms with Crippen LogP contribution in [0.1, 0.15) is 34.2 Å². The van der Waals surface area contributed by atoms with Crippen molar-refractivity contribution < 1.29 is 14.3 Å². The quantitative estimate of drug-likeness (QED) is 0.727. The molecule has 1 atom stereocenters. The Morgan fingerprint density at radius 3 is 2.59 bits per heavy atom. The van der Waals surface area contributed by atoms with E-state index in [2.05, 4.69) is 22.3 Å². The lowest BCUT2D eigenvalue weighted by atomic mass is 9.94. The molecule has 1 saturated heterocycles. The van der Waals surface area contributed by atoms with Gasteiger partial charge in [-0.2, -0.15) is 5.10 Å². The Morgan fingerprint density at radius 2 is 1.89 bits per heavy atom. The van der Waals surface area contributed by atoms with Crippen molar-refractivity contribution in [2.75, 3.05) is 13.7 Å². The molecule has 2 heterocycles. The standard InChI is InChI=1S/C21H21N3O3/c1-26-19-9-5-6-10-20(19)27-14-16-13-17(23-22-16)21(25)24-12-11-18(24)15-7-3-2-4-8-15/h2-10,13,18H,11-12,14H2,1H3,(H,22,23)/t18-/m0/s1.